The van der Waals surface area contributed by atoms with E-state index in [1.807, 2.05) is 77.6 Å². The number of benzene rings is 9. The minimum absolute atomic E-state index is 0.610. The highest BCUT2D eigenvalue weighted by Gasteiger charge is 2.21. The van der Waals surface area contributed by atoms with Gasteiger partial charge in [0.25, 0.3) is 0 Å². The largest absolute Gasteiger partial charge is 0.309 e. The first-order valence-corrected chi connectivity index (χ1v) is 20.1. The summed E-state index contributed by atoms with van der Waals surface area (Å²) >= 11 is 0. The predicted octanol–water partition coefficient (Wildman–Crippen LogP) is 13.3. The fraction of sp³-hybridized carbons (Fsp3) is 0. The number of hydrogen-bond donors (Lipinski definition) is 0. The highest BCUT2D eigenvalue weighted by Crippen LogP contribution is 2.44. The number of hydrogen-bond acceptors (Lipinski definition) is 4. The van der Waals surface area contributed by atoms with E-state index in [0.29, 0.717) is 17.5 Å². The van der Waals surface area contributed by atoms with Crippen LogP contribution >= 0.6 is 0 Å². The SMILES string of the molecule is c1ccc(-c2nc(-c3ccccc3)nc(-c3cccc(-n4c5cc6c(cnn6-c6ccccc6)cc5c5c6c(ccc54)c(-c4ccccc4)cc4ccccc46)c3)n2)cc1. The van der Waals surface area contributed by atoms with Crippen molar-refractivity contribution in [3.05, 3.63) is 206 Å². The first-order chi connectivity index (χ1) is 29.7. The first-order valence-electron chi connectivity index (χ1n) is 20.1. The zero-order valence-corrected chi connectivity index (χ0v) is 32.3. The van der Waals surface area contributed by atoms with Crippen LogP contribution in [0.3, 0.4) is 0 Å². The molecule has 6 heteroatoms. The number of para-hydroxylation sites is 1. The Hall–Kier alpha value is -8.22. The van der Waals surface area contributed by atoms with E-state index in [-0.39, 0.29) is 0 Å². The molecule has 0 radical (unpaired) electrons. The van der Waals surface area contributed by atoms with Gasteiger partial charge in [0.1, 0.15) is 0 Å². The molecule has 0 saturated heterocycles. The van der Waals surface area contributed by atoms with E-state index < -0.39 is 0 Å². The summed E-state index contributed by atoms with van der Waals surface area (Å²) in [4.78, 5) is 15.2. The lowest BCUT2D eigenvalue weighted by Gasteiger charge is -2.14. The zero-order valence-electron chi connectivity index (χ0n) is 32.3. The monoisotopic (exact) mass is 766 g/mol. The van der Waals surface area contributed by atoms with Gasteiger partial charge in [0.2, 0.25) is 0 Å². The summed E-state index contributed by atoms with van der Waals surface area (Å²) in [5, 5.41) is 13.2. The van der Waals surface area contributed by atoms with Crippen LogP contribution in [-0.4, -0.2) is 29.3 Å². The van der Waals surface area contributed by atoms with Crippen LogP contribution in [-0.2, 0) is 0 Å². The first kappa shape index (κ1) is 33.9. The van der Waals surface area contributed by atoms with Crippen molar-refractivity contribution in [1.82, 2.24) is 29.3 Å². The molecule has 0 unspecified atom stereocenters. The van der Waals surface area contributed by atoms with Crippen LogP contribution in [0.2, 0.25) is 0 Å². The Bertz CT molecular complexity index is 3520. The highest BCUT2D eigenvalue weighted by molar-refractivity contribution is 6.31. The minimum atomic E-state index is 0.610. The molecule has 0 spiro atoms. The minimum Gasteiger partial charge on any atom is -0.309 e. The number of nitrogens with zero attached hydrogens (tertiary/aromatic N) is 6. The van der Waals surface area contributed by atoms with E-state index in [4.69, 9.17) is 20.1 Å². The van der Waals surface area contributed by atoms with E-state index in [1.54, 1.807) is 0 Å². The zero-order chi connectivity index (χ0) is 39.6. The average Bonchev–Trinajstić information content (AvgIpc) is 3.90. The van der Waals surface area contributed by atoms with Crippen molar-refractivity contribution >= 4 is 54.3 Å². The van der Waals surface area contributed by atoms with Crippen LogP contribution in [0.15, 0.2) is 206 Å². The molecule has 3 aromatic heterocycles. The van der Waals surface area contributed by atoms with Crippen LogP contribution in [0.25, 0.3) is 111 Å². The Labute approximate surface area is 345 Å². The van der Waals surface area contributed by atoms with Gasteiger partial charge in [-0.15, -0.1) is 0 Å². The molecule has 6 nitrogen and oxygen atoms in total. The summed E-state index contributed by atoms with van der Waals surface area (Å²) in [6, 6.07) is 70.2. The fourth-order valence-corrected chi connectivity index (χ4v) is 8.85. The Morgan fingerprint density at radius 3 is 1.62 bits per heavy atom. The lowest BCUT2D eigenvalue weighted by molar-refractivity contribution is 0.911. The molecule has 0 atom stereocenters. The number of rotatable bonds is 6. The van der Waals surface area contributed by atoms with Crippen molar-refractivity contribution in [3.63, 3.8) is 0 Å². The molecular formula is C54H34N6. The molecular weight excluding hydrogens is 733 g/mol. The molecule has 0 fully saturated rings. The molecule has 60 heavy (non-hydrogen) atoms. The summed E-state index contributed by atoms with van der Waals surface area (Å²) in [5.74, 6) is 1.87. The summed E-state index contributed by atoms with van der Waals surface area (Å²) in [6.07, 6.45) is 1.99. The molecule has 9 aromatic carbocycles. The van der Waals surface area contributed by atoms with E-state index in [9.17, 15) is 0 Å². The summed E-state index contributed by atoms with van der Waals surface area (Å²) in [7, 11) is 0. The van der Waals surface area contributed by atoms with Gasteiger partial charge in [-0.05, 0) is 75.8 Å². The van der Waals surface area contributed by atoms with Gasteiger partial charge < -0.3 is 4.57 Å². The van der Waals surface area contributed by atoms with Crippen molar-refractivity contribution in [3.8, 4) is 56.7 Å². The molecule has 0 N–H and O–H groups in total. The van der Waals surface area contributed by atoms with E-state index in [2.05, 4.69) is 138 Å². The maximum absolute atomic E-state index is 5.10. The van der Waals surface area contributed by atoms with Gasteiger partial charge in [-0.25, -0.2) is 19.6 Å². The van der Waals surface area contributed by atoms with Gasteiger partial charge >= 0.3 is 0 Å². The quantitative estimate of drug-likeness (QED) is 0.158. The molecule has 3 heterocycles. The summed E-state index contributed by atoms with van der Waals surface area (Å²) in [6.45, 7) is 0. The van der Waals surface area contributed by atoms with Crippen molar-refractivity contribution < 1.29 is 0 Å². The second-order valence-corrected chi connectivity index (χ2v) is 15.1. The second kappa shape index (κ2) is 13.7. The van der Waals surface area contributed by atoms with Crippen LogP contribution in [0.5, 0.6) is 0 Å². The van der Waals surface area contributed by atoms with Crippen LogP contribution < -0.4 is 0 Å². The third-order valence-electron chi connectivity index (χ3n) is 11.6. The lowest BCUT2D eigenvalue weighted by Crippen LogP contribution is -2.01. The van der Waals surface area contributed by atoms with E-state index >= 15 is 0 Å². The second-order valence-electron chi connectivity index (χ2n) is 15.1. The number of aromatic nitrogens is 6. The molecule has 0 amide bonds. The van der Waals surface area contributed by atoms with Crippen LogP contribution in [0, 0.1) is 0 Å². The van der Waals surface area contributed by atoms with Gasteiger partial charge in [-0.3, -0.25) is 0 Å². The Morgan fingerprint density at radius 1 is 0.333 bits per heavy atom. The van der Waals surface area contributed by atoms with Crippen molar-refractivity contribution in [2.75, 3.05) is 0 Å². The van der Waals surface area contributed by atoms with Gasteiger partial charge in [0.15, 0.2) is 17.5 Å². The van der Waals surface area contributed by atoms with Crippen LogP contribution in [0.4, 0.5) is 0 Å². The molecule has 0 saturated carbocycles. The van der Waals surface area contributed by atoms with Gasteiger partial charge in [0.05, 0.1) is 28.4 Å². The molecule has 0 aliphatic carbocycles. The molecule has 0 aliphatic rings. The predicted molar refractivity (Wildman–Crippen MR) is 246 cm³/mol. The molecule has 280 valence electrons. The standard InChI is InChI=1S/C54H34N6/c1-5-16-35(17-6-1)45-31-38-22-13-14-27-43(38)50-44(45)28-29-47-51(50)46-32-40-34-55-60(41-24-11-4-12-25-41)48(40)33-49(46)59(47)42-26-15-23-39(30-42)54-57-52(36-18-7-2-8-19-36)56-53(58-54)37-20-9-3-10-21-37/h1-34H. The maximum atomic E-state index is 5.10. The van der Waals surface area contributed by atoms with Gasteiger partial charge in [-0.2, -0.15) is 5.10 Å². The van der Waals surface area contributed by atoms with Gasteiger partial charge in [0, 0.05) is 43.9 Å². The molecule has 12 rings (SSSR count). The smallest absolute Gasteiger partial charge is 0.164 e. The van der Waals surface area contributed by atoms with Crippen molar-refractivity contribution in [1.29, 1.82) is 0 Å². The van der Waals surface area contributed by atoms with Crippen LogP contribution in [0.1, 0.15) is 0 Å². The average molecular weight is 767 g/mol. The fourth-order valence-electron chi connectivity index (χ4n) is 8.85. The third-order valence-corrected chi connectivity index (χ3v) is 11.6. The molecule has 0 bridgehead atoms. The van der Waals surface area contributed by atoms with Crippen molar-refractivity contribution in [2.24, 2.45) is 0 Å². The third kappa shape index (κ3) is 5.50. The summed E-state index contributed by atoms with van der Waals surface area (Å²) in [5.41, 5.74) is 10.4. The van der Waals surface area contributed by atoms with Crippen molar-refractivity contribution in [2.45, 2.75) is 0 Å². The highest BCUT2D eigenvalue weighted by atomic mass is 15.3. The number of fused-ring (bicyclic) bond motifs is 8. The Kier molecular flexibility index (Phi) is 7.74. The van der Waals surface area contributed by atoms with E-state index in [1.165, 1.54) is 38.1 Å². The van der Waals surface area contributed by atoms with E-state index in [0.717, 1.165) is 55.4 Å². The Balaban J connectivity index is 1.16. The maximum Gasteiger partial charge on any atom is 0.164 e. The lowest BCUT2D eigenvalue weighted by atomic mass is 9.91. The Morgan fingerprint density at radius 2 is 0.917 bits per heavy atom. The normalized spacial score (nSPS) is 11.7. The van der Waals surface area contributed by atoms with Gasteiger partial charge in [-0.1, -0.05) is 152 Å². The molecule has 0 aliphatic heterocycles. The topological polar surface area (TPSA) is 61.4 Å². The summed E-state index contributed by atoms with van der Waals surface area (Å²) < 4.78 is 4.44. The molecule has 12 aromatic rings.